The maximum Gasteiger partial charge on any atom is 0.471 e. The summed E-state index contributed by atoms with van der Waals surface area (Å²) in [6, 6.07) is 13.6. The average molecular weight is 746 g/mol. The highest BCUT2D eigenvalue weighted by Crippen LogP contribution is 2.42. The number of amides is 2. The molecule has 2 heterocycles. The van der Waals surface area contributed by atoms with E-state index in [0.717, 1.165) is 43.6 Å². The number of likely N-dealkylation sites (tertiary alicyclic amines) is 1. The molecular formula is C42H62F3N3O5. The molecule has 0 aliphatic carbocycles. The summed E-state index contributed by atoms with van der Waals surface area (Å²) >= 11 is 0. The fraction of sp³-hybridized carbons (Fsp3) is 0.667. The van der Waals surface area contributed by atoms with Gasteiger partial charge >= 0.3 is 12.1 Å². The first-order valence-electron chi connectivity index (χ1n) is 20.1. The van der Waals surface area contributed by atoms with Crippen molar-refractivity contribution in [3.05, 3.63) is 65.2 Å². The van der Waals surface area contributed by atoms with Crippen LogP contribution in [0.15, 0.2) is 48.5 Å². The van der Waals surface area contributed by atoms with Gasteiger partial charge in [-0.1, -0.05) is 121 Å². The van der Waals surface area contributed by atoms with Crippen molar-refractivity contribution in [1.29, 1.82) is 0 Å². The van der Waals surface area contributed by atoms with Crippen molar-refractivity contribution < 1.29 is 37.3 Å². The molecule has 2 aromatic rings. The monoisotopic (exact) mass is 745 g/mol. The van der Waals surface area contributed by atoms with E-state index < -0.39 is 30.3 Å². The Labute approximate surface area is 314 Å². The van der Waals surface area contributed by atoms with Gasteiger partial charge in [-0.2, -0.15) is 13.2 Å². The van der Waals surface area contributed by atoms with Gasteiger partial charge in [-0.25, -0.2) is 0 Å². The normalized spacial score (nSPS) is 22.0. The highest BCUT2D eigenvalue weighted by molar-refractivity contribution is 5.98. The van der Waals surface area contributed by atoms with E-state index in [2.05, 4.69) is 31.0 Å². The van der Waals surface area contributed by atoms with Crippen molar-refractivity contribution >= 4 is 17.5 Å². The van der Waals surface area contributed by atoms with Gasteiger partial charge in [0.05, 0.1) is 18.8 Å². The van der Waals surface area contributed by atoms with Crippen LogP contribution in [0.1, 0.15) is 140 Å². The minimum absolute atomic E-state index is 0.00485. The summed E-state index contributed by atoms with van der Waals surface area (Å²) < 4.78 is 53.1. The number of carbonyl (C=O) groups excluding carboxylic acids is 2. The molecule has 2 aliphatic heterocycles. The molecule has 2 aromatic carbocycles. The Morgan fingerprint density at radius 3 is 2.09 bits per heavy atom. The van der Waals surface area contributed by atoms with Crippen LogP contribution in [0.4, 0.5) is 18.9 Å². The smallest absolute Gasteiger partial charge is 0.392 e. The van der Waals surface area contributed by atoms with Crippen LogP contribution in [-0.2, 0) is 25.7 Å². The number of benzene rings is 2. The van der Waals surface area contributed by atoms with Crippen molar-refractivity contribution in [3.63, 3.8) is 0 Å². The van der Waals surface area contributed by atoms with E-state index in [4.69, 9.17) is 9.47 Å². The molecule has 2 aliphatic rings. The number of ether oxygens (including phenoxy) is 2. The molecule has 0 aromatic heterocycles. The highest BCUT2D eigenvalue weighted by Gasteiger charge is 2.47. The number of anilines is 1. The number of carbonyl (C=O) groups is 2. The number of hydrogen-bond donors (Lipinski definition) is 2. The Morgan fingerprint density at radius 2 is 1.49 bits per heavy atom. The quantitative estimate of drug-likeness (QED) is 0.124. The predicted octanol–water partition coefficient (Wildman–Crippen LogP) is 9.49. The Kier molecular flexibility index (Phi) is 17.6. The standard InChI is InChI=1S/C42H62F3N3O5/c1-4-6-8-10-12-14-25-47(26-15-13-11-9-7-5-2)29-37-31(3)38(33-23-21-32(30-49)22-24-33)53-40(52-37)34-18-16-19-35(28-34)46-39(50)36-20-17-27-48(36)41(51)42(43,44)45/h16,18-19,21-24,28,31,36-38,40,49H,4-15,17,20,25-27,29-30H2,1-3H3,(H,46,50)/t31-,36-,37+,38+,40+/m0/s1. The molecule has 2 fully saturated rings. The molecule has 53 heavy (non-hydrogen) atoms. The van der Waals surface area contributed by atoms with Crippen LogP contribution in [-0.4, -0.2) is 71.2 Å². The zero-order valence-corrected chi connectivity index (χ0v) is 32.0. The van der Waals surface area contributed by atoms with Crippen LogP contribution in [0, 0.1) is 5.92 Å². The van der Waals surface area contributed by atoms with Gasteiger partial charge in [0, 0.05) is 30.3 Å². The maximum atomic E-state index is 13.2. The van der Waals surface area contributed by atoms with Gasteiger partial charge in [0.2, 0.25) is 5.91 Å². The number of aliphatic hydroxyl groups is 1. The zero-order valence-electron chi connectivity index (χ0n) is 32.0. The summed E-state index contributed by atoms with van der Waals surface area (Å²) in [5, 5.41) is 12.4. The summed E-state index contributed by atoms with van der Waals surface area (Å²) in [6.45, 7) is 9.22. The van der Waals surface area contributed by atoms with Gasteiger partial charge in [0.25, 0.3) is 0 Å². The second-order valence-corrected chi connectivity index (χ2v) is 14.9. The summed E-state index contributed by atoms with van der Waals surface area (Å²) in [4.78, 5) is 28.4. The van der Waals surface area contributed by atoms with E-state index in [1.807, 2.05) is 30.3 Å². The lowest BCUT2D eigenvalue weighted by atomic mass is 9.90. The van der Waals surface area contributed by atoms with Crippen molar-refractivity contribution in [1.82, 2.24) is 9.80 Å². The Bertz CT molecular complexity index is 1370. The van der Waals surface area contributed by atoms with Crippen LogP contribution < -0.4 is 5.32 Å². The molecule has 5 atom stereocenters. The summed E-state index contributed by atoms with van der Waals surface area (Å²) in [6.07, 6.45) is 8.94. The van der Waals surface area contributed by atoms with E-state index in [1.165, 1.54) is 64.2 Å². The van der Waals surface area contributed by atoms with Gasteiger partial charge in [-0.05, 0) is 62.0 Å². The Balaban J connectivity index is 1.52. The van der Waals surface area contributed by atoms with E-state index in [-0.39, 0.29) is 37.7 Å². The number of aliphatic hydroxyl groups excluding tert-OH is 1. The van der Waals surface area contributed by atoms with Gasteiger partial charge in [0.1, 0.15) is 6.04 Å². The maximum absolute atomic E-state index is 13.2. The number of rotatable bonds is 21. The number of halogens is 3. The van der Waals surface area contributed by atoms with Crippen LogP contribution >= 0.6 is 0 Å². The van der Waals surface area contributed by atoms with E-state index in [9.17, 15) is 27.9 Å². The Morgan fingerprint density at radius 1 is 0.868 bits per heavy atom. The summed E-state index contributed by atoms with van der Waals surface area (Å²) in [5.41, 5.74) is 2.85. The van der Waals surface area contributed by atoms with Crippen LogP contribution in [0.2, 0.25) is 0 Å². The van der Waals surface area contributed by atoms with E-state index >= 15 is 0 Å². The number of nitrogens with zero attached hydrogens (tertiary/aromatic N) is 2. The molecule has 0 bridgehead atoms. The molecule has 0 unspecified atom stereocenters. The SMILES string of the molecule is CCCCCCCCN(CCCCCCCC)C[C@H]1O[C@@H](c2cccc(NC(=O)[C@@H]3CCCN3C(=O)C(F)(F)F)c2)O[C@@H](c2ccc(CO)cc2)[C@H]1C. The molecule has 0 saturated carbocycles. The lowest BCUT2D eigenvalue weighted by Gasteiger charge is -2.43. The van der Waals surface area contributed by atoms with Gasteiger partial charge in [0.15, 0.2) is 6.29 Å². The lowest BCUT2D eigenvalue weighted by Crippen LogP contribution is -2.48. The van der Waals surface area contributed by atoms with Crippen molar-refractivity contribution in [2.24, 2.45) is 5.92 Å². The summed E-state index contributed by atoms with van der Waals surface area (Å²) in [7, 11) is 0. The van der Waals surface area contributed by atoms with Crippen LogP contribution in [0.3, 0.4) is 0 Å². The largest absolute Gasteiger partial charge is 0.471 e. The first-order chi connectivity index (χ1) is 25.5. The topological polar surface area (TPSA) is 91.3 Å². The van der Waals surface area contributed by atoms with Crippen LogP contribution in [0.25, 0.3) is 0 Å². The van der Waals surface area contributed by atoms with Gasteiger partial charge in [-0.3, -0.25) is 9.59 Å². The molecule has 0 spiro atoms. The second-order valence-electron chi connectivity index (χ2n) is 14.9. The van der Waals surface area contributed by atoms with Crippen molar-refractivity contribution in [2.45, 2.75) is 148 Å². The number of unbranched alkanes of at least 4 members (excludes halogenated alkanes) is 10. The third-order valence-electron chi connectivity index (χ3n) is 10.7. The second kappa shape index (κ2) is 21.8. The third-order valence-corrected chi connectivity index (χ3v) is 10.7. The molecule has 2 saturated heterocycles. The van der Waals surface area contributed by atoms with Gasteiger partial charge < -0.3 is 29.7 Å². The summed E-state index contributed by atoms with van der Waals surface area (Å²) in [5.74, 6) is -2.64. The van der Waals surface area contributed by atoms with Crippen molar-refractivity contribution in [3.8, 4) is 0 Å². The minimum atomic E-state index is -5.04. The molecule has 4 rings (SSSR count). The highest BCUT2D eigenvalue weighted by atomic mass is 19.4. The van der Waals surface area contributed by atoms with Crippen molar-refractivity contribution in [2.75, 3.05) is 31.5 Å². The minimum Gasteiger partial charge on any atom is -0.392 e. The number of nitrogens with one attached hydrogen (secondary N) is 1. The fourth-order valence-corrected chi connectivity index (χ4v) is 7.54. The molecule has 11 heteroatoms. The first-order valence-corrected chi connectivity index (χ1v) is 20.1. The third kappa shape index (κ3) is 13.1. The lowest BCUT2D eigenvalue weighted by molar-refractivity contribution is -0.276. The van der Waals surface area contributed by atoms with E-state index in [0.29, 0.717) is 22.6 Å². The Hall–Kier alpha value is -2.99. The average Bonchev–Trinajstić information content (AvgIpc) is 3.65. The van der Waals surface area contributed by atoms with Gasteiger partial charge in [-0.15, -0.1) is 0 Å². The predicted molar refractivity (Wildman–Crippen MR) is 202 cm³/mol. The molecule has 2 N–H and O–H groups in total. The zero-order chi connectivity index (χ0) is 38.2. The number of hydrogen-bond acceptors (Lipinski definition) is 6. The molecule has 0 radical (unpaired) electrons. The molecule has 2 amide bonds. The molecule has 8 nitrogen and oxygen atoms in total. The molecule has 296 valence electrons. The van der Waals surface area contributed by atoms with E-state index in [1.54, 1.807) is 18.2 Å². The molecular weight excluding hydrogens is 683 g/mol. The van der Waals surface area contributed by atoms with Crippen LogP contribution in [0.5, 0.6) is 0 Å². The number of alkyl halides is 3. The first kappa shape index (κ1) is 42.7. The fourth-order valence-electron chi connectivity index (χ4n) is 7.54.